The summed E-state index contributed by atoms with van der Waals surface area (Å²) in [7, 11) is 0. The van der Waals surface area contributed by atoms with Gasteiger partial charge in [-0.2, -0.15) is 5.10 Å². The smallest absolute Gasteiger partial charge is 0.267 e. The van der Waals surface area contributed by atoms with E-state index in [1.165, 1.54) is 13.0 Å². The Balaban J connectivity index is 1.51. The van der Waals surface area contributed by atoms with E-state index < -0.39 is 0 Å². The fourth-order valence-corrected chi connectivity index (χ4v) is 3.24. The molecule has 0 aliphatic heterocycles. The van der Waals surface area contributed by atoms with E-state index in [-0.39, 0.29) is 23.9 Å². The third kappa shape index (κ3) is 4.84. The number of amides is 2. The maximum Gasteiger partial charge on any atom is 0.267 e. The molecule has 2 amide bonds. The van der Waals surface area contributed by atoms with E-state index in [2.05, 4.69) is 15.7 Å². The first-order valence-electron chi connectivity index (χ1n) is 9.73. The standard InChI is InChI=1S/C24H20N4O3/c1-16(29)25-20-8-10-21(11-9-20)26-23(30)15-28-24(31)13-12-22(27-28)19-7-6-17-4-2-3-5-18(17)14-19/h2-14H,15H2,1H3,(H,25,29)(H,26,30). The van der Waals surface area contributed by atoms with Gasteiger partial charge in [0.1, 0.15) is 6.54 Å². The molecule has 31 heavy (non-hydrogen) atoms. The Bertz CT molecular complexity index is 1330. The lowest BCUT2D eigenvalue weighted by atomic mass is 10.1. The molecule has 0 atom stereocenters. The summed E-state index contributed by atoms with van der Waals surface area (Å²) in [4.78, 5) is 35.8. The molecule has 0 radical (unpaired) electrons. The highest BCUT2D eigenvalue weighted by Gasteiger charge is 2.09. The number of anilines is 2. The van der Waals surface area contributed by atoms with Crippen molar-refractivity contribution in [3.8, 4) is 11.3 Å². The van der Waals surface area contributed by atoms with Gasteiger partial charge in [-0.1, -0.05) is 36.4 Å². The van der Waals surface area contributed by atoms with Crippen LogP contribution in [0.4, 0.5) is 11.4 Å². The first-order chi connectivity index (χ1) is 15.0. The molecule has 2 N–H and O–H groups in total. The van der Waals surface area contributed by atoms with Crippen LogP contribution in [0.15, 0.2) is 83.7 Å². The first kappa shape index (κ1) is 20.0. The summed E-state index contributed by atoms with van der Waals surface area (Å²) < 4.78 is 1.14. The number of carbonyl (C=O) groups excluding carboxylic acids is 2. The maximum absolute atomic E-state index is 12.4. The topological polar surface area (TPSA) is 93.1 Å². The minimum Gasteiger partial charge on any atom is -0.326 e. The predicted octanol–water partition coefficient (Wildman–Crippen LogP) is 3.66. The molecule has 0 fully saturated rings. The van der Waals surface area contributed by atoms with E-state index in [0.717, 1.165) is 21.0 Å². The van der Waals surface area contributed by atoms with E-state index >= 15 is 0 Å². The van der Waals surface area contributed by atoms with Gasteiger partial charge in [-0.25, -0.2) is 4.68 Å². The molecule has 0 aliphatic rings. The lowest BCUT2D eigenvalue weighted by Crippen LogP contribution is -2.29. The van der Waals surface area contributed by atoms with Gasteiger partial charge in [0, 0.05) is 29.9 Å². The van der Waals surface area contributed by atoms with Crippen molar-refractivity contribution in [1.29, 1.82) is 0 Å². The summed E-state index contributed by atoms with van der Waals surface area (Å²) in [5.41, 5.74) is 2.30. The summed E-state index contributed by atoms with van der Waals surface area (Å²) >= 11 is 0. The van der Waals surface area contributed by atoms with Crippen LogP contribution in [0.25, 0.3) is 22.0 Å². The highest BCUT2D eigenvalue weighted by Crippen LogP contribution is 2.22. The van der Waals surface area contributed by atoms with Crippen LogP contribution in [-0.2, 0) is 16.1 Å². The molecule has 1 aromatic heterocycles. The number of nitrogens with one attached hydrogen (secondary N) is 2. The first-order valence-corrected chi connectivity index (χ1v) is 9.73. The number of carbonyl (C=O) groups is 2. The van der Waals surface area contributed by atoms with Gasteiger partial charge in [-0.15, -0.1) is 0 Å². The Morgan fingerprint density at radius 1 is 0.839 bits per heavy atom. The van der Waals surface area contributed by atoms with E-state index in [1.54, 1.807) is 30.3 Å². The SMILES string of the molecule is CC(=O)Nc1ccc(NC(=O)Cn2nc(-c3ccc4ccccc4c3)ccc2=O)cc1. The van der Waals surface area contributed by atoms with Gasteiger partial charge in [-0.3, -0.25) is 14.4 Å². The molecule has 7 heteroatoms. The fraction of sp³-hybridized carbons (Fsp3) is 0.0833. The molecule has 0 spiro atoms. The van der Waals surface area contributed by atoms with Crippen molar-refractivity contribution in [1.82, 2.24) is 9.78 Å². The Hall–Kier alpha value is -4.26. The van der Waals surface area contributed by atoms with Crippen molar-refractivity contribution in [2.24, 2.45) is 0 Å². The number of hydrogen-bond donors (Lipinski definition) is 2. The number of nitrogens with zero attached hydrogens (tertiary/aromatic N) is 2. The average molecular weight is 412 g/mol. The van der Waals surface area contributed by atoms with Gasteiger partial charge in [0.25, 0.3) is 5.56 Å². The van der Waals surface area contributed by atoms with Crippen molar-refractivity contribution < 1.29 is 9.59 Å². The molecule has 0 saturated heterocycles. The Morgan fingerprint density at radius 2 is 1.52 bits per heavy atom. The van der Waals surface area contributed by atoms with Crippen LogP contribution in [0, 0.1) is 0 Å². The summed E-state index contributed by atoms with van der Waals surface area (Å²) in [6.45, 7) is 1.21. The van der Waals surface area contributed by atoms with Crippen molar-refractivity contribution in [3.63, 3.8) is 0 Å². The van der Waals surface area contributed by atoms with Gasteiger partial charge in [-0.05, 0) is 47.2 Å². The van der Waals surface area contributed by atoms with Crippen molar-refractivity contribution >= 4 is 34.0 Å². The lowest BCUT2D eigenvalue weighted by molar-refractivity contribution is -0.117. The Labute approximate surface area is 178 Å². The van der Waals surface area contributed by atoms with Crippen LogP contribution in [0.5, 0.6) is 0 Å². The second-order valence-electron chi connectivity index (χ2n) is 7.08. The van der Waals surface area contributed by atoms with Crippen molar-refractivity contribution in [2.75, 3.05) is 10.6 Å². The highest BCUT2D eigenvalue weighted by molar-refractivity contribution is 5.92. The average Bonchev–Trinajstić information content (AvgIpc) is 2.76. The zero-order valence-electron chi connectivity index (χ0n) is 16.8. The zero-order valence-corrected chi connectivity index (χ0v) is 16.8. The molecule has 7 nitrogen and oxygen atoms in total. The van der Waals surface area contributed by atoms with Crippen molar-refractivity contribution in [3.05, 3.63) is 89.2 Å². The van der Waals surface area contributed by atoms with Gasteiger partial charge in [0.05, 0.1) is 5.69 Å². The Kier molecular flexibility index (Phi) is 5.57. The summed E-state index contributed by atoms with van der Waals surface area (Å²) in [6.07, 6.45) is 0. The third-order valence-electron chi connectivity index (χ3n) is 4.69. The van der Waals surface area contributed by atoms with E-state index in [4.69, 9.17) is 0 Å². The lowest BCUT2D eigenvalue weighted by Gasteiger charge is -2.09. The van der Waals surface area contributed by atoms with E-state index in [0.29, 0.717) is 17.1 Å². The molecule has 4 rings (SSSR count). The van der Waals surface area contributed by atoms with Crippen LogP contribution in [0.1, 0.15) is 6.92 Å². The largest absolute Gasteiger partial charge is 0.326 e. The minimum atomic E-state index is -0.377. The molecule has 0 aliphatic carbocycles. The van der Waals surface area contributed by atoms with Gasteiger partial charge >= 0.3 is 0 Å². The summed E-state index contributed by atoms with van der Waals surface area (Å²) in [6, 6.07) is 23.7. The molecular weight excluding hydrogens is 392 g/mol. The summed E-state index contributed by atoms with van der Waals surface area (Å²) in [5, 5.41) is 11.9. The van der Waals surface area contributed by atoms with Crippen LogP contribution >= 0.6 is 0 Å². The minimum absolute atomic E-state index is 0.173. The number of aromatic nitrogens is 2. The molecule has 4 aromatic rings. The summed E-state index contributed by atoms with van der Waals surface area (Å²) in [5.74, 6) is -0.550. The van der Waals surface area contributed by atoms with Crippen LogP contribution < -0.4 is 16.2 Å². The van der Waals surface area contributed by atoms with Gasteiger partial charge in [0.15, 0.2) is 0 Å². The molecular formula is C24H20N4O3. The molecule has 154 valence electrons. The normalized spacial score (nSPS) is 10.6. The Morgan fingerprint density at radius 3 is 2.23 bits per heavy atom. The number of hydrogen-bond acceptors (Lipinski definition) is 4. The zero-order chi connectivity index (χ0) is 21.8. The monoisotopic (exact) mass is 412 g/mol. The van der Waals surface area contributed by atoms with E-state index in [1.807, 2.05) is 42.5 Å². The highest BCUT2D eigenvalue weighted by atomic mass is 16.2. The predicted molar refractivity (Wildman–Crippen MR) is 121 cm³/mol. The molecule has 0 unspecified atom stereocenters. The number of rotatable bonds is 5. The van der Waals surface area contributed by atoms with Gasteiger partial charge in [0.2, 0.25) is 11.8 Å². The molecule has 0 bridgehead atoms. The maximum atomic E-state index is 12.4. The number of fused-ring (bicyclic) bond motifs is 1. The molecule has 3 aromatic carbocycles. The van der Waals surface area contributed by atoms with Gasteiger partial charge < -0.3 is 10.6 Å². The second kappa shape index (κ2) is 8.62. The van der Waals surface area contributed by atoms with Crippen LogP contribution in [0.2, 0.25) is 0 Å². The second-order valence-corrected chi connectivity index (χ2v) is 7.08. The quantitative estimate of drug-likeness (QED) is 0.523. The fourth-order valence-electron chi connectivity index (χ4n) is 3.24. The molecule has 0 saturated carbocycles. The molecule has 1 heterocycles. The number of benzene rings is 3. The van der Waals surface area contributed by atoms with Crippen molar-refractivity contribution in [2.45, 2.75) is 13.5 Å². The van der Waals surface area contributed by atoms with E-state index in [9.17, 15) is 14.4 Å². The van der Waals surface area contributed by atoms with Crippen LogP contribution in [-0.4, -0.2) is 21.6 Å². The van der Waals surface area contributed by atoms with Crippen LogP contribution in [0.3, 0.4) is 0 Å². The third-order valence-corrected chi connectivity index (χ3v) is 4.69.